The van der Waals surface area contributed by atoms with Crippen molar-refractivity contribution in [1.29, 1.82) is 0 Å². The number of rotatable bonds is 13. The number of hydrogen-bond donors (Lipinski definition) is 0. The fraction of sp³-hybridized carbons (Fsp3) is 0.824. The highest BCUT2D eigenvalue weighted by molar-refractivity contribution is 5.68. The summed E-state index contributed by atoms with van der Waals surface area (Å²) >= 11 is 0. The van der Waals surface area contributed by atoms with Crippen LogP contribution in [0.1, 0.15) is 84.0 Å². The van der Waals surface area contributed by atoms with Gasteiger partial charge in [0.25, 0.3) is 0 Å². The molecule has 112 valence electrons. The van der Waals surface area contributed by atoms with Crippen LogP contribution in [0.15, 0.2) is 12.2 Å². The molecule has 0 aromatic carbocycles. The minimum absolute atomic E-state index is 0.0757. The molecule has 0 amide bonds. The number of carbonyl (C=O) groups excluding carboxylic acids is 1. The van der Waals surface area contributed by atoms with Crippen molar-refractivity contribution in [3.63, 3.8) is 0 Å². The molecule has 0 aliphatic carbocycles. The van der Waals surface area contributed by atoms with Crippen LogP contribution < -0.4 is 0 Å². The van der Waals surface area contributed by atoms with E-state index >= 15 is 0 Å². The smallest absolute Gasteiger partial charge is 0.305 e. The SMILES string of the molecule is CCCCCC=CCCCCCCCCC(=O)OC. The molecule has 0 heterocycles. The van der Waals surface area contributed by atoms with E-state index in [-0.39, 0.29) is 5.97 Å². The van der Waals surface area contributed by atoms with Gasteiger partial charge < -0.3 is 4.74 Å². The summed E-state index contributed by atoms with van der Waals surface area (Å²) in [5, 5.41) is 0. The lowest BCUT2D eigenvalue weighted by molar-refractivity contribution is -0.140. The Morgan fingerprint density at radius 2 is 1.37 bits per heavy atom. The summed E-state index contributed by atoms with van der Waals surface area (Å²) in [6, 6.07) is 0. The maximum atomic E-state index is 10.9. The highest BCUT2D eigenvalue weighted by atomic mass is 16.5. The van der Waals surface area contributed by atoms with Crippen LogP contribution in [0.4, 0.5) is 0 Å². The summed E-state index contributed by atoms with van der Waals surface area (Å²) in [5.74, 6) is -0.0757. The number of hydrogen-bond acceptors (Lipinski definition) is 2. The minimum atomic E-state index is -0.0757. The average molecular weight is 268 g/mol. The van der Waals surface area contributed by atoms with E-state index < -0.39 is 0 Å². The Labute approximate surface area is 119 Å². The van der Waals surface area contributed by atoms with E-state index in [4.69, 9.17) is 0 Å². The average Bonchev–Trinajstić information content (AvgIpc) is 2.43. The number of allylic oxidation sites excluding steroid dienone is 2. The normalized spacial score (nSPS) is 11.1. The number of esters is 1. The third kappa shape index (κ3) is 15.2. The molecule has 0 saturated carbocycles. The van der Waals surface area contributed by atoms with Crippen molar-refractivity contribution in [2.75, 3.05) is 7.11 Å². The Kier molecular flexibility index (Phi) is 14.6. The Balaban J connectivity index is 3.08. The van der Waals surface area contributed by atoms with E-state index in [1.165, 1.54) is 64.9 Å². The van der Waals surface area contributed by atoms with Gasteiger partial charge in [-0.1, -0.05) is 57.6 Å². The van der Waals surface area contributed by atoms with Gasteiger partial charge in [0.1, 0.15) is 0 Å². The van der Waals surface area contributed by atoms with Gasteiger partial charge in [0.15, 0.2) is 0 Å². The van der Waals surface area contributed by atoms with E-state index in [1.807, 2.05) is 0 Å². The molecule has 0 spiro atoms. The standard InChI is InChI=1S/C17H32O2/c1-3-4-5-6-7-8-9-10-11-12-13-14-15-16-17(18)19-2/h7-8H,3-6,9-16H2,1-2H3. The quantitative estimate of drug-likeness (QED) is 0.253. The Hall–Kier alpha value is -0.790. The molecule has 0 aromatic rings. The number of methoxy groups -OCH3 is 1. The summed E-state index contributed by atoms with van der Waals surface area (Å²) in [7, 11) is 1.46. The van der Waals surface area contributed by atoms with Crippen molar-refractivity contribution in [2.45, 2.75) is 84.0 Å². The lowest BCUT2D eigenvalue weighted by atomic mass is 10.1. The molecule has 0 saturated heterocycles. The van der Waals surface area contributed by atoms with Crippen molar-refractivity contribution in [1.82, 2.24) is 0 Å². The summed E-state index contributed by atoms with van der Waals surface area (Å²) in [5.41, 5.74) is 0. The molecule has 0 radical (unpaired) electrons. The van der Waals surface area contributed by atoms with Crippen LogP contribution in [0, 0.1) is 0 Å². The molecule has 2 heteroatoms. The van der Waals surface area contributed by atoms with Crippen LogP contribution in [-0.2, 0) is 9.53 Å². The zero-order valence-corrected chi connectivity index (χ0v) is 13.0. The first kappa shape index (κ1) is 18.2. The van der Waals surface area contributed by atoms with Crippen LogP contribution in [0.2, 0.25) is 0 Å². The van der Waals surface area contributed by atoms with Crippen molar-refractivity contribution in [2.24, 2.45) is 0 Å². The molecule has 0 aliphatic heterocycles. The van der Waals surface area contributed by atoms with Gasteiger partial charge in [-0.15, -0.1) is 0 Å². The maximum absolute atomic E-state index is 10.9. The third-order valence-electron chi connectivity index (χ3n) is 3.37. The molecule has 0 bridgehead atoms. The molecule has 0 aromatic heterocycles. The van der Waals surface area contributed by atoms with Crippen molar-refractivity contribution < 1.29 is 9.53 Å². The molecule has 0 aliphatic rings. The van der Waals surface area contributed by atoms with Crippen molar-refractivity contribution in [3.05, 3.63) is 12.2 Å². The third-order valence-corrected chi connectivity index (χ3v) is 3.37. The van der Waals surface area contributed by atoms with Crippen LogP contribution in [0.3, 0.4) is 0 Å². The Bertz CT molecular complexity index is 221. The molecule has 0 N–H and O–H groups in total. The van der Waals surface area contributed by atoms with Crippen LogP contribution in [0.25, 0.3) is 0 Å². The molecular weight excluding hydrogens is 236 g/mol. The number of carbonyl (C=O) groups is 1. The molecule has 0 fully saturated rings. The zero-order valence-electron chi connectivity index (χ0n) is 13.0. The Morgan fingerprint density at radius 3 is 1.95 bits per heavy atom. The van der Waals surface area contributed by atoms with Gasteiger partial charge in [-0.25, -0.2) is 0 Å². The van der Waals surface area contributed by atoms with Gasteiger partial charge in [-0.2, -0.15) is 0 Å². The first-order valence-electron chi connectivity index (χ1n) is 8.03. The van der Waals surface area contributed by atoms with E-state index in [0.717, 1.165) is 12.8 Å². The highest BCUT2D eigenvalue weighted by Gasteiger charge is 1.98. The first-order chi connectivity index (χ1) is 9.31. The molecule has 0 atom stereocenters. The van der Waals surface area contributed by atoms with Gasteiger partial charge in [0, 0.05) is 6.42 Å². The maximum Gasteiger partial charge on any atom is 0.305 e. The van der Waals surface area contributed by atoms with Gasteiger partial charge in [0.2, 0.25) is 0 Å². The second kappa shape index (κ2) is 15.3. The predicted octanol–water partition coefficient (Wildman–Crippen LogP) is 5.42. The molecule has 0 rings (SSSR count). The fourth-order valence-electron chi connectivity index (χ4n) is 2.09. The monoisotopic (exact) mass is 268 g/mol. The molecule has 0 unspecified atom stereocenters. The van der Waals surface area contributed by atoms with Gasteiger partial charge in [0.05, 0.1) is 7.11 Å². The number of ether oxygens (including phenoxy) is 1. The second-order valence-corrected chi connectivity index (χ2v) is 5.20. The van der Waals surface area contributed by atoms with E-state index in [9.17, 15) is 4.79 Å². The fourth-order valence-corrected chi connectivity index (χ4v) is 2.09. The van der Waals surface area contributed by atoms with E-state index in [1.54, 1.807) is 0 Å². The van der Waals surface area contributed by atoms with E-state index in [2.05, 4.69) is 23.8 Å². The molecular formula is C17H32O2. The Morgan fingerprint density at radius 1 is 0.842 bits per heavy atom. The van der Waals surface area contributed by atoms with Crippen molar-refractivity contribution >= 4 is 5.97 Å². The first-order valence-corrected chi connectivity index (χ1v) is 8.03. The lowest BCUT2D eigenvalue weighted by Crippen LogP contribution is -1.99. The summed E-state index contributed by atoms with van der Waals surface area (Å²) < 4.78 is 4.61. The summed E-state index contributed by atoms with van der Waals surface area (Å²) in [4.78, 5) is 10.9. The van der Waals surface area contributed by atoms with Crippen molar-refractivity contribution in [3.8, 4) is 0 Å². The largest absolute Gasteiger partial charge is 0.469 e. The van der Waals surface area contributed by atoms with Crippen LogP contribution in [-0.4, -0.2) is 13.1 Å². The molecule has 19 heavy (non-hydrogen) atoms. The van der Waals surface area contributed by atoms with Crippen LogP contribution >= 0.6 is 0 Å². The summed E-state index contributed by atoms with van der Waals surface area (Å²) in [6.45, 7) is 2.24. The topological polar surface area (TPSA) is 26.3 Å². The van der Waals surface area contributed by atoms with Gasteiger partial charge in [-0.3, -0.25) is 4.79 Å². The second-order valence-electron chi connectivity index (χ2n) is 5.20. The lowest BCUT2D eigenvalue weighted by Gasteiger charge is -2.00. The highest BCUT2D eigenvalue weighted by Crippen LogP contribution is 2.09. The molecule has 2 nitrogen and oxygen atoms in total. The van der Waals surface area contributed by atoms with Gasteiger partial charge >= 0.3 is 5.97 Å². The zero-order chi connectivity index (χ0) is 14.2. The number of unbranched alkanes of at least 4 members (excludes halogenated alkanes) is 9. The predicted molar refractivity (Wildman–Crippen MR) is 82.2 cm³/mol. The summed E-state index contributed by atoms with van der Waals surface area (Å²) in [6.07, 6.45) is 19.0. The van der Waals surface area contributed by atoms with Gasteiger partial charge in [-0.05, 0) is 32.1 Å². The van der Waals surface area contributed by atoms with Crippen LogP contribution in [0.5, 0.6) is 0 Å². The minimum Gasteiger partial charge on any atom is -0.469 e. The van der Waals surface area contributed by atoms with E-state index in [0.29, 0.717) is 6.42 Å².